The van der Waals surface area contributed by atoms with Crippen molar-refractivity contribution in [2.75, 3.05) is 31.4 Å². The van der Waals surface area contributed by atoms with Crippen molar-refractivity contribution < 1.29 is 21.6 Å². The predicted molar refractivity (Wildman–Crippen MR) is 96.3 cm³/mol. The van der Waals surface area contributed by atoms with Crippen molar-refractivity contribution in [1.29, 1.82) is 0 Å². The summed E-state index contributed by atoms with van der Waals surface area (Å²) in [4.78, 5) is 13.8. The minimum absolute atomic E-state index is 0.0634. The molecule has 1 aromatic carbocycles. The molecule has 1 atom stereocenters. The van der Waals surface area contributed by atoms with Gasteiger partial charge in [0.15, 0.2) is 9.84 Å². The lowest BCUT2D eigenvalue weighted by Gasteiger charge is -2.27. The minimum Gasteiger partial charge on any atom is -0.341 e. The molecule has 1 saturated heterocycles. The number of likely N-dealkylation sites (N-methyl/N-ethyl adjacent to an activating group) is 1. The van der Waals surface area contributed by atoms with Crippen LogP contribution in [0.2, 0.25) is 0 Å². The maximum atomic E-state index is 12.5. The average molecular weight is 389 g/mol. The highest BCUT2D eigenvalue weighted by molar-refractivity contribution is 7.91. The van der Waals surface area contributed by atoms with E-state index in [9.17, 15) is 21.6 Å². The molecule has 2 rings (SSSR count). The average Bonchev–Trinajstić information content (AvgIpc) is 2.87. The summed E-state index contributed by atoms with van der Waals surface area (Å²) in [6.07, 6.45) is 1.45. The first kappa shape index (κ1) is 19.9. The Hall–Kier alpha value is -1.45. The first-order chi connectivity index (χ1) is 11.5. The van der Waals surface area contributed by atoms with Gasteiger partial charge in [0.2, 0.25) is 15.9 Å². The molecule has 7 nitrogen and oxygen atoms in total. The zero-order valence-corrected chi connectivity index (χ0v) is 16.3. The van der Waals surface area contributed by atoms with E-state index in [-0.39, 0.29) is 24.6 Å². The number of hydrogen-bond acceptors (Lipinski definition) is 5. The van der Waals surface area contributed by atoms with E-state index in [0.29, 0.717) is 6.42 Å². The van der Waals surface area contributed by atoms with Crippen LogP contribution in [0.1, 0.15) is 17.5 Å². The Balaban J connectivity index is 2.09. The van der Waals surface area contributed by atoms with E-state index in [1.165, 1.54) is 11.9 Å². The predicted octanol–water partition coefficient (Wildman–Crippen LogP) is 0.402. The number of hydrogen-bond donors (Lipinski definition) is 0. The summed E-state index contributed by atoms with van der Waals surface area (Å²) in [6.45, 7) is 1.73. The lowest BCUT2D eigenvalue weighted by molar-refractivity contribution is -0.131. The normalized spacial score (nSPS) is 19.9. The van der Waals surface area contributed by atoms with Crippen LogP contribution in [0.5, 0.6) is 0 Å². The summed E-state index contributed by atoms with van der Waals surface area (Å²) in [5.74, 6) is -0.403. The number of rotatable bonds is 6. The number of benzene rings is 1. The van der Waals surface area contributed by atoms with Crippen LogP contribution in [-0.2, 0) is 31.2 Å². The Morgan fingerprint density at radius 3 is 2.32 bits per heavy atom. The molecule has 0 saturated carbocycles. The molecule has 0 bridgehead atoms. The van der Waals surface area contributed by atoms with Gasteiger partial charge in [-0.05, 0) is 18.9 Å². The van der Waals surface area contributed by atoms with Crippen LogP contribution in [0, 0.1) is 6.92 Å². The van der Waals surface area contributed by atoms with Crippen LogP contribution in [-0.4, -0.2) is 69.3 Å². The van der Waals surface area contributed by atoms with Gasteiger partial charge in [-0.1, -0.05) is 29.8 Å². The van der Waals surface area contributed by atoms with Crippen molar-refractivity contribution in [3.8, 4) is 0 Å². The van der Waals surface area contributed by atoms with Gasteiger partial charge in [0, 0.05) is 19.6 Å². The zero-order valence-electron chi connectivity index (χ0n) is 14.7. The zero-order chi connectivity index (χ0) is 18.8. The van der Waals surface area contributed by atoms with Crippen LogP contribution >= 0.6 is 0 Å². The largest absolute Gasteiger partial charge is 0.341 e. The standard InChI is InChI=1S/C16H24N2O5S2/c1-13-4-6-14(7-5-13)10-18(24(3,20)21)11-16(19)17(2)15-8-9-25(22,23)12-15/h4-7,15H,8-12H2,1-3H3. The van der Waals surface area contributed by atoms with E-state index in [2.05, 4.69) is 0 Å². The van der Waals surface area contributed by atoms with Gasteiger partial charge < -0.3 is 4.90 Å². The Bertz CT molecular complexity index is 832. The van der Waals surface area contributed by atoms with E-state index in [1.54, 1.807) is 0 Å². The molecule has 1 unspecified atom stereocenters. The number of aryl methyl sites for hydroxylation is 1. The molecule has 1 aliphatic rings. The Labute approximate surface area is 149 Å². The molecule has 0 radical (unpaired) electrons. The molecule has 140 valence electrons. The number of carbonyl (C=O) groups excluding carboxylic acids is 1. The SMILES string of the molecule is Cc1ccc(CN(CC(=O)N(C)C2CCS(=O)(=O)C2)S(C)(=O)=O)cc1. The second-order valence-electron chi connectivity index (χ2n) is 6.58. The number of nitrogens with zero attached hydrogens (tertiary/aromatic N) is 2. The van der Waals surface area contributed by atoms with Gasteiger partial charge in [-0.2, -0.15) is 4.31 Å². The van der Waals surface area contributed by atoms with Gasteiger partial charge in [-0.25, -0.2) is 16.8 Å². The Morgan fingerprint density at radius 1 is 1.24 bits per heavy atom. The van der Waals surface area contributed by atoms with Crippen molar-refractivity contribution in [2.45, 2.75) is 25.9 Å². The molecule has 1 heterocycles. The quantitative estimate of drug-likeness (QED) is 0.703. The molecule has 1 fully saturated rings. The minimum atomic E-state index is -3.58. The highest BCUT2D eigenvalue weighted by Gasteiger charge is 2.33. The molecule has 0 N–H and O–H groups in total. The molecule has 1 aromatic rings. The van der Waals surface area contributed by atoms with Crippen LogP contribution in [0.15, 0.2) is 24.3 Å². The second-order valence-corrected chi connectivity index (χ2v) is 10.8. The van der Waals surface area contributed by atoms with Crippen molar-refractivity contribution in [3.63, 3.8) is 0 Å². The summed E-state index contributed by atoms with van der Waals surface area (Å²) < 4.78 is 48.3. The Kier molecular flexibility index (Phi) is 5.90. The van der Waals surface area contributed by atoms with Crippen molar-refractivity contribution >= 4 is 25.8 Å². The van der Waals surface area contributed by atoms with E-state index < -0.39 is 31.8 Å². The fourth-order valence-electron chi connectivity index (χ4n) is 2.73. The summed E-state index contributed by atoms with van der Waals surface area (Å²) in [5.41, 5.74) is 1.85. The van der Waals surface area contributed by atoms with Crippen molar-refractivity contribution in [2.24, 2.45) is 0 Å². The van der Waals surface area contributed by atoms with E-state index >= 15 is 0 Å². The number of carbonyl (C=O) groups is 1. The molecular weight excluding hydrogens is 364 g/mol. The highest BCUT2D eigenvalue weighted by atomic mass is 32.2. The maximum absolute atomic E-state index is 12.5. The van der Waals surface area contributed by atoms with E-state index in [1.807, 2.05) is 31.2 Å². The van der Waals surface area contributed by atoms with Crippen LogP contribution in [0.3, 0.4) is 0 Å². The molecule has 9 heteroatoms. The van der Waals surface area contributed by atoms with Gasteiger partial charge in [0.25, 0.3) is 0 Å². The lowest BCUT2D eigenvalue weighted by Crippen LogP contribution is -2.45. The first-order valence-corrected chi connectivity index (χ1v) is 11.6. The number of sulfone groups is 1. The first-order valence-electron chi connectivity index (χ1n) is 7.95. The summed E-state index contributed by atoms with van der Waals surface area (Å²) >= 11 is 0. The molecule has 0 aromatic heterocycles. The van der Waals surface area contributed by atoms with Gasteiger partial charge in [-0.15, -0.1) is 0 Å². The summed E-state index contributed by atoms with van der Waals surface area (Å²) in [7, 11) is -5.16. The molecule has 0 aliphatic carbocycles. The third-order valence-electron chi connectivity index (χ3n) is 4.41. The third-order valence-corrected chi connectivity index (χ3v) is 7.36. The van der Waals surface area contributed by atoms with Crippen molar-refractivity contribution in [3.05, 3.63) is 35.4 Å². The van der Waals surface area contributed by atoms with E-state index in [4.69, 9.17) is 0 Å². The molecule has 1 aliphatic heterocycles. The molecule has 1 amide bonds. The van der Waals surface area contributed by atoms with Gasteiger partial charge in [0.1, 0.15) is 0 Å². The monoisotopic (exact) mass is 388 g/mol. The highest BCUT2D eigenvalue weighted by Crippen LogP contribution is 2.17. The van der Waals surface area contributed by atoms with Crippen LogP contribution in [0.4, 0.5) is 0 Å². The van der Waals surface area contributed by atoms with Crippen molar-refractivity contribution in [1.82, 2.24) is 9.21 Å². The fourth-order valence-corrected chi connectivity index (χ4v) is 5.24. The van der Waals surface area contributed by atoms with Gasteiger partial charge in [0.05, 0.1) is 24.3 Å². The van der Waals surface area contributed by atoms with E-state index in [0.717, 1.165) is 21.7 Å². The summed E-state index contributed by atoms with van der Waals surface area (Å²) in [6, 6.07) is 7.02. The van der Waals surface area contributed by atoms with Crippen LogP contribution < -0.4 is 0 Å². The van der Waals surface area contributed by atoms with Gasteiger partial charge >= 0.3 is 0 Å². The summed E-state index contributed by atoms with van der Waals surface area (Å²) in [5, 5.41) is 0. The number of amides is 1. The fraction of sp³-hybridized carbons (Fsp3) is 0.562. The van der Waals surface area contributed by atoms with Crippen LogP contribution in [0.25, 0.3) is 0 Å². The smallest absolute Gasteiger partial charge is 0.237 e. The molecule has 0 spiro atoms. The second kappa shape index (κ2) is 7.43. The van der Waals surface area contributed by atoms with Gasteiger partial charge in [-0.3, -0.25) is 4.79 Å². The third kappa shape index (κ3) is 5.52. The molecular formula is C16H24N2O5S2. The lowest BCUT2D eigenvalue weighted by atomic mass is 10.1. The molecule has 25 heavy (non-hydrogen) atoms. The maximum Gasteiger partial charge on any atom is 0.237 e. The number of sulfonamides is 1. The topological polar surface area (TPSA) is 91.8 Å². The Morgan fingerprint density at radius 2 is 1.84 bits per heavy atom.